The number of hydrogen-bond donors (Lipinski definition) is 2. The summed E-state index contributed by atoms with van der Waals surface area (Å²) in [5, 5.41) is 13.0. The van der Waals surface area contributed by atoms with E-state index in [4.69, 9.17) is 4.74 Å². The van der Waals surface area contributed by atoms with Crippen molar-refractivity contribution in [2.45, 2.75) is 38.8 Å². The topological polar surface area (TPSA) is 58.6 Å². The van der Waals surface area contributed by atoms with E-state index in [1.54, 1.807) is 0 Å². The monoisotopic (exact) mass is 339 g/mol. The molecule has 0 bridgehead atoms. The molecule has 0 heterocycles. The van der Waals surface area contributed by atoms with Gasteiger partial charge in [0.2, 0.25) is 5.91 Å². The fourth-order valence-electron chi connectivity index (χ4n) is 2.67. The molecule has 132 valence electrons. The van der Waals surface area contributed by atoms with Crippen LogP contribution in [0.15, 0.2) is 48.5 Å². The average molecular weight is 339 g/mol. The number of rotatable bonds is 8. The lowest BCUT2D eigenvalue weighted by molar-refractivity contribution is -0.123. The van der Waals surface area contributed by atoms with E-state index < -0.39 is 6.10 Å². The van der Waals surface area contributed by atoms with Gasteiger partial charge in [-0.2, -0.15) is 0 Å². The molecule has 0 aliphatic heterocycles. The van der Waals surface area contributed by atoms with E-state index in [-0.39, 0.29) is 12.3 Å². The molecule has 1 amide bonds. The maximum absolute atomic E-state index is 12.1. The van der Waals surface area contributed by atoms with E-state index in [0.29, 0.717) is 12.5 Å². The molecule has 3 rings (SSSR count). The van der Waals surface area contributed by atoms with Crippen molar-refractivity contribution in [2.75, 3.05) is 6.61 Å². The van der Waals surface area contributed by atoms with Crippen LogP contribution in [0.4, 0.5) is 0 Å². The summed E-state index contributed by atoms with van der Waals surface area (Å²) in [6.07, 6.45) is 1.75. The molecule has 1 unspecified atom stereocenters. The van der Waals surface area contributed by atoms with Gasteiger partial charge in [0.05, 0.1) is 19.1 Å². The molecule has 1 fully saturated rings. The summed E-state index contributed by atoms with van der Waals surface area (Å²) < 4.78 is 5.92. The van der Waals surface area contributed by atoms with Crippen molar-refractivity contribution in [1.82, 2.24) is 5.32 Å². The van der Waals surface area contributed by atoms with Gasteiger partial charge in [-0.1, -0.05) is 42.5 Å². The van der Waals surface area contributed by atoms with Gasteiger partial charge in [-0.15, -0.1) is 0 Å². The molecule has 0 aromatic heterocycles. The van der Waals surface area contributed by atoms with E-state index in [2.05, 4.69) is 5.32 Å². The number of carbonyl (C=O) groups excluding carboxylic acids is 1. The van der Waals surface area contributed by atoms with Gasteiger partial charge in [-0.25, -0.2) is 0 Å². The largest absolute Gasteiger partial charge is 0.493 e. The predicted octanol–water partition coefficient (Wildman–Crippen LogP) is 3.52. The van der Waals surface area contributed by atoms with Crippen LogP contribution in [0.5, 0.6) is 5.75 Å². The van der Waals surface area contributed by atoms with Crippen LogP contribution in [0.2, 0.25) is 0 Å². The van der Waals surface area contributed by atoms with Crippen LogP contribution >= 0.6 is 0 Å². The predicted molar refractivity (Wildman–Crippen MR) is 97.3 cm³/mol. The van der Waals surface area contributed by atoms with E-state index in [0.717, 1.165) is 29.0 Å². The minimum atomic E-state index is -0.787. The first-order valence-electron chi connectivity index (χ1n) is 8.84. The zero-order valence-corrected chi connectivity index (χ0v) is 14.6. The first kappa shape index (κ1) is 17.5. The summed E-state index contributed by atoms with van der Waals surface area (Å²) in [7, 11) is 0. The summed E-state index contributed by atoms with van der Waals surface area (Å²) >= 11 is 0. The number of aliphatic hydroxyl groups excluding tert-OH is 1. The van der Waals surface area contributed by atoms with Gasteiger partial charge in [-0.3, -0.25) is 4.79 Å². The van der Waals surface area contributed by atoms with Crippen molar-refractivity contribution in [3.05, 3.63) is 65.2 Å². The Balaban J connectivity index is 1.54. The van der Waals surface area contributed by atoms with Crippen molar-refractivity contribution in [2.24, 2.45) is 5.92 Å². The van der Waals surface area contributed by atoms with E-state index >= 15 is 0 Å². The second kappa shape index (κ2) is 8.17. The minimum Gasteiger partial charge on any atom is -0.493 e. The number of aliphatic hydroxyl groups is 1. The van der Waals surface area contributed by atoms with Crippen LogP contribution in [0.3, 0.4) is 0 Å². The molecule has 0 saturated heterocycles. The lowest BCUT2D eigenvalue weighted by atomic mass is 10.1. The standard InChI is InChI=1S/C21H25NO3/c1-15-7-10-18(20(11-15)25-14-16-8-9-16)13-22-21(24)12-19(23)17-5-3-2-4-6-17/h2-7,10-11,16,19,23H,8-9,12-14H2,1H3,(H,22,24). The molecule has 4 heteroatoms. The van der Waals surface area contributed by atoms with Gasteiger partial charge in [0.1, 0.15) is 5.75 Å². The van der Waals surface area contributed by atoms with Gasteiger partial charge in [-0.05, 0) is 42.9 Å². The van der Waals surface area contributed by atoms with Crippen molar-refractivity contribution in [1.29, 1.82) is 0 Å². The molecular weight excluding hydrogens is 314 g/mol. The number of carbonyl (C=O) groups is 1. The second-order valence-electron chi connectivity index (χ2n) is 6.77. The molecule has 1 aliphatic rings. The van der Waals surface area contributed by atoms with Crippen molar-refractivity contribution >= 4 is 5.91 Å². The molecule has 1 saturated carbocycles. The summed E-state index contributed by atoms with van der Waals surface area (Å²) in [5.41, 5.74) is 2.86. The normalized spacial score (nSPS) is 14.8. The highest BCUT2D eigenvalue weighted by molar-refractivity contribution is 5.76. The highest BCUT2D eigenvalue weighted by Gasteiger charge is 2.22. The van der Waals surface area contributed by atoms with Gasteiger partial charge in [0.25, 0.3) is 0 Å². The zero-order chi connectivity index (χ0) is 17.6. The van der Waals surface area contributed by atoms with E-state index in [1.165, 1.54) is 12.8 Å². The lowest BCUT2D eigenvalue weighted by Crippen LogP contribution is -2.25. The van der Waals surface area contributed by atoms with Crippen molar-refractivity contribution < 1.29 is 14.6 Å². The molecule has 0 spiro atoms. The Bertz CT molecular complexity index is 710. The molecule has 2 aromatic carbocycles. The third-order valence-electron chi connectivity index (χ3n) is 4.43. The first-order valence-corrected chi connectivity index (χ1v) is 8.84. The van der Waals surface area contributed by atoms with Gasteiger partial charge < -0.3 is 15.2 Å². The number of hydrogen-bond acceptors (Lipinski definition) is 3. The summed E-state index contributed by atoms with van der Waals surface area (Å²) in [5.74, 6) is 1.35. The molecule has 2 aromatic rings. The third kappa shape index (κ3) is 5.33. The number of aryl methyl sites for hydroxylation is 1. The summed E-state index contributed by atoms with van der Waals surface area (Å²) in [4.78, 5) is 12.1. The number of nitrogens with one attached hydrogen (secondary N) is 1. The summed E-state index contributed by atoms with van der Waals surface area (Å²) in [6.45, 7) is 3.18. The molecule has 1 atom stereocenters. The fourth-order valence-corrected chi connectivity index (χ4v) is 2.67. The van der Waals surface area contributed by atoms with Crippen LogP contribution in [0.25, 0.3) is 0 Å². The van der Waals surface area contributed by atoms with E-state index in [9.17, 15) is 9.90 Å². The second-order valence-corrected chi connectivity index (χ2v) is 6.77. The Kier molecular flexibility index (Phi) is 5.71. The van der Waals surface area contributed by atoms with Crippen LogP contribution in [0, 0.1) is 12.8 Å². The molecule has 25 heavy (non-hydrogen) atoms. The summed E-state index contributed by atoms with van der Waals surface area (Å²) in [6, 6.07) is 15.3. The number of ether oxygens (including phenoxy) is 1. The molecule has 0 radical (unpaired) electrons. The molecule has 1 aliphatic carbocycles. The average Bonchev–Trinajstić information content (AvgIpc) is 3.44. The molecular formula is C21H25NO3. The van der Waals surface area contributed by atoms with E-state index in [1.807, 2.05) is 55.5 Å². The molecule has 2 N–H and O–H groups in total. The van der Waals surface area contributed by atoms with Crippen LogP contribution in [0.1, 0.15) is 42.1 Å². The zero-order valence-electron chi connectivity index (χ0n) is 14.6. The Morgan fingerprint density at radius 1 is 1.24 bits per heavy atom. The van der Waals surface area contributed by atoms with Crippen LogP contribution in [-0.2, 0) is 11.3 Å². The Hall–Kier alpha value is -2.33. The highest BCUT2D eigenvalue weighted by Crippen LogP contribution is 2.30. The van der Waals surface area contributed by atoms with Crippen molar-refractivity contribution in [3.8, 4) is 5.75 Å². The van der Waals surface area contributed by atoms with Gasteiger partial charge in [0, 0.05) is 12.1 Å². The maximum atomic E-state index is 12.1. The van der Waals surface area contributed by atoms with Gasteiger partial charge >= 0.3 is 0 Å². The minimum absolute atomic E-state index is 0.0497. The number of benzene rings is 2. The van der Waals surface area contributed by atoms with Gasteiger partial charge in [0.15, 0.2) is 0 Å². The molecule has 4 nitrogen and oxygen atoms in total. The van der Waals surface area contributed by atoms with Crippen LogP contribution < -0.4 is 10.1 Å². The third-order valence-corrected chi connectivity index (χ3v) is 4.43. The van der Waals surface area contributed by atoms with Crippen LogP contribution in [-0.4, -0.2) is 17.6 Å². The highest BCUT2D eigenvalue weighted by atomic mass is 16.5. The Morgan fingerprint density at radius 2 is 2.00 bits per heavy atom. The van der Waals surface area contributed by atoms with Crippen molar-refractivity contribution in [3.63, 3.8) is 0 Å². The lowest BCUT2D eigenvalue weighted by Gasteiger charge is -2.14. The number of amides is 1. The smallest absolute Gasteiger partial charge is 0.223 e. The maximum Gasteiger partial charge on any atom is 0.223 e. The SMILES string of the molecule is Cc1ccc(CNC(=O)CC(O)c2ccccc2)c(OCC2CC2)c1. The Labute approximate surface area is 148 Å². The Morgan fingerprint density at radius 3 is 2.72 bits per heavy atom. The first-order chi connectivity index (χ1) is 12.1. The quantitative estimate of drug-likeness (QED) is 0.773. The fraction of sp³-hybridized carbons (Fsp3) is 0.381.